The van der Waals surface area contributed by atoms with Gasteiger partial charge < -0.3 is 15.9 Å². The van der Waals surface area contributed by atoms with Crippen molar-refractivity contribution in [2.45, 2.75) is 58.6 Å². The maximum atomic E-state index is 10.5. The minimum absolute atomic E-state index is 0.0146. The third kappa shape index (κ3) is 2.55. The van der Waals surface area contributed by atoms with Crippen molar-refractivity contribution in [3.05, 3.63) is 52.3 Å². The Bertz CT molecular complexity index is 844. The van der Waals surface area contributed by atoms with Crippen LogP contribution in [0.1, 0.15) is 58.2 Å². The second kappa shape index (κ2) is 6.36. The second-order valence-electron chi connectivity index (χ2n) is 8.16. The Hall–Kier alpha value is -1.91. The molecule has 1 aromatic rings. The van der Waals surface area contributed by atoms with Crippen molar-refractivity contribution in [3.8, 4) is 0 Å². The Labute approximate surface area is 156 Å². The normalized spacial score (nSPS) is 26.1. The monoisotopic (exact) mass is 355 g/mol. The van der Waals surface area contributed by atoms with Crippen molar-refractivity contribution < 1.29 is 14.8 Å². The summed E-state index contributed by atoms with van der Waals surface area (Å²) >= 11 is 0. The van der Waals surface area contributed by atoms with E-state index in [0.717, 1.165) is 29.0 Å². The van der Waals surface area contributed by atoms with Gasteiger partial charge >= 0.3 is 0 Å². The van der Waals surface area contributed by atoms with Gasteiger partial charge in [0.1, 0.15) is 12.8 Å². The number of hydrogen-bond acceptors (Lipinski definition) is 3. The van der Waals surface area contributed by atoms with Crippen LogP contribution in [0, 0.1) is 5.92 Å². The predicted molar refractivity (Wildman–Crippen MR) is 106 cm³/mol. The predicted octanol–water partition coefficient (Wildman–Crippen LogP) is 3.87. The van der Waals surface area contributed by atoms with Gasteiger partial charge in [-0.05, 0) is 51.3 Å². The molecule has 0 spiro atoms. The molecule has 4 nitrogen and oxygen atoms in total. The van der Waals surface area contributed by atoms with Crippen LogP contribution in [-0.2, 0) is 5.41 Å². The third-order valence-electron chi connectivity index (χ3n) is 6.00. The molecule has 2 aliphatic rings. The highest BCUT2D eigenvalue weighted by molar-refractivity contribution is 6.08. The number of benzene rings is 1. The number of allylic oxidation sites excluding steroid dienone is 1. The maximum absolute atomic E-state index is 10.5. The molecule has 0 fully saturated rings. The minimum Gasteiger partial charge on any atom is -0.512 e. The summed E-state index contributed by atoms with van der Waals surface area (Å²) < 4.78 is 2.20. The molecule has 26 heavy (non-hydrogen) atoms. The molecule has 4 N–H and O–H groups in total. The summed E-state index contributed by atoms with van der Waals surface area (Å²) in [6.07, 6.45) is 2.37. The van der Waals surface area contributed by atoms with Crippen molar-refractivity contribution in [2.24, 2.45) is 11.7 Å². The number of aliphatic hydroxyl groups is 2. The summed E-state index contributed by atoms with van der Waals surface area (Å²) in [5, 5.41) is 20.9. The van der Waals surface area contributed by atoms with E-state index in [0.29, 0.717) is 11.3 Å². The Morgan fingerprint density at radius 1 is 1.38 bits per heavy atom. The van der Waals surface area contributed by atoms with E-state index in [2.05, 4.69) is 56.7 Å². The average molecular weight is 356 g/mol. The van der Waals surface area contributed by atoms with Gasteiger partial charge in [0.2, 0.25) is 5.69 Å². The van der Waals surface area contributed by atoms with E-state index in [9.17, 15) is 10.2 Å². The highest BCUT2D eigenvalue weighted by Gasteiger charge is 2.51. The van der Waals surface area contributed by atoms with Gasteiger partial charge in [-0.15, -0.1) is 0 Å². The number of nitrogens with zero attached hydrogens (tertiary/aromatic N) is 1. The highest BCUT2D eigenvalue weighted by atomic mass is 16.3. The summed E-state index contributed by atoms with van der Waals surface area (Å²) in [5.74, 6) is -0.0324. The first-order valence-electron chi connectivity index (χ1n) is 9.42. The molecule has 0 aromatic heterocycles. The summed E-state index contributed by atoms with van der Waals surface area (Å²) in [4.78, 5) is 0. The van der Waals surface area contributed by atoms with Gasteiger partial charge in [-0.1, -0.05) is 19.1 Å². The molecule has 1 heterocycles. The second-order valence-corrected chi connectivity index (χ2v) is 8.16. The van der Waals surface area contributed by atoms with E-state index in [1.807, 2.05) is 6.92 Å². The van der Waals surface area contributed by atoms with Gasteiger partial charge in [0.15, 0.2) is 5.71 Å². The van der Waals surface area contributed by atoms with E-state index in [-0.39, 0.29) is 17.4 Å². The molecular formula is C22H31N2O2+. The van der Waals surface area contributed by atoms with Crippen molar-refractivity contribution in [3.63, 3.8) is 0 Å². The molecule has 0 saturated heterocycles. The number of aliphatic hydroxyl groups excluding tert-OH is 2. The molecule has 0 radical (unpaired) electrons. The van der Waals surface area contributed by atoms with Crippen LogP contribution < -0.4 is 5.73 Å². The first-order valence-corrected chi connectivity index (χ1v) is 9.42. The van der Waals surface area contributed by atoms with Crippen molar-refractivity contribution >= 4 is 11.4 Å². The van der Waals surface area contributed by atoms with Crippen LogP contribution in [0.25, 0.3) is 0 Å². The molecule has 4 heteroatoms. The lowest BCUT2D eigenvalue weighted by atomic mass is 9.69. The lowest BCUT2D eigenvalue weighted by Crippen LogP contribution is -2.42. The van der Waals surface area contributed by atoms with Gasteiger partial charge in [-0.2, -0.15) is 4.58 Å². The van der Waals surface area contributed by atoms with E-state index in [4.69, 9.17) is 5.73 Å². The molecule has 140 valence electrons. The zero-order valence-corrected chi connectivity index (χ0v) is 16.7. The van der Waals surface area contributed by atoms with E-state index < -0.39 is 6.10 Å². The number of rotatable bonds is 4. The Morgan fingerprint density at radius 3 is 2.58 bits per heavy atom. The molecule has 3 unspecified atom stereocenters. The zero-order chi connectivity index (χ0) is 19.4. The topological polar surface area (TPSA) is 69.5 Å². The van der Waals surface area contributed by atoms with Crippen LogP contribution in [0.3, 0.4) is 0 Å². The van der Waals surface area contributed by atoms with Gasteiger partial charge in [0.25, 0.3) is 0 Å². The van der Waals surface area contributed by atoms with Crippen molar-refractivity contribution in [1.29, 1.82) is 0 Å². The summed E-state index contributed by atoms with van der Waals surface area (Å²) in [7, 11) is 2.07. The van der Waals surface area contributed by atoms with Gasteiger partial charge in [-0.3, -0.25) is 0 Å². The molecule has 1 aliphatic carbocycles. The molecular weight excluding hydrogens is 324 g/mol. The molecule has 3 atom stereocenters. The van der Waals surface area contributed by atoms with E-state index >= 15 is 0 Å². The quantitative estimate of drug-likeness (QED) is 0.718. The van der Waals surface area contributed by atoms with Crippen LogP contribution in [0.2, 0.25) is 0 Å². The molecule has 1 aliphatic heterocycles. The fourth-order valence-corrected chi connectivity index (χ4v) is 4.46. The van der Waals surface area contributed by atoms with Crippen LogP contribution >= 0.6 is 0 Å². The zero-order valence-electron chi connectivity index (χ0n) is 16.7. The van der Waals surface area contributed by atoms with E-state index in [1.165, 1.54) is 5.56 Å². The van der Waals surface area contributed by atoms with Gasteiger partial charge in [-0.25, -0.2) is 0 Å². The summed E-state index contributed by atoms with van der Waals surface area (Å²) in [5.41, 5.74) is 12.2. The van der Waals surface area contributed by atoms with Crippen molar-refractivity contribution in [2.75, 3.05) is 7.05 Å². The molecule has 3 rings (SSSR count). The van der Waals surface area contributed by atoms with Gasteiger partial charge in [0, 0.05) is 23.2 Å². The Morgan fingerprint density at radius 2 is 2.04 bits per heavy atom. The van der Waals surface area contributed by atoms with Crippen LogP contribution in [0.4, 0.5) is 5.69 Å². The third-order valence-corrected chi connectivity index (χ3v) is 6.00. The summed E-state index contributed by atoms with van der Waals surface area (Å²) in [6.45, 7) is 10.3. The van der Waals surface area contributed by atoms with Gasteiger partial charge in [0.05, 0.1) is 17.4 Å². The smallest absolute Gasteiger partial charge is 0.209 e. The number of fused-ring (bicyclic) bond motifs is 1. The fraction of sp³-hybridized carbons (Fsp3) is 0.500. The Kier molecular flexibility index (Phi) is 4.62. The first kappa shape index (κ1) is 18.9. The van der Waals surface area contributed by atoms with Crippen molar-refractivity contribution in [1.82, 2.24) is 0 Å². The SMILES string of the molecule is CC/C=C(\C1=[N+](C)c2ccc(C(C)N)cc2C1(C)C)C1C(O)=C(C)C1O. The number of nitrogens with two attached hydrogens (primary N) is 1. The summed E-state index contributed by atoms with van der Waals surface area (Å²) in [6, 6.07) is 6.40. The molecule has 1 aromatic carbocycles. The lowest BCUT2D eigenvalue weighted by Gasteiger charge is -2.36. The minimum atomic E-state index is -0.618. The fourth-order valence-electron chi connectivity index (χ4n) is 4.46. The first-order chi connectivity index (χ1) is 12.1. The number of hydrogen-bond donors (Lipinski definition) is 3. The average Bonchev–Trinajstić information content (AvgIpc) is 2.80. The van der Waals surface area contributed by atoms with E-state index in [1.54, 1.807) is 6.92 Å². The highest BCUT2D eigenvalue weighted by Crippen LogP contribution is 2.47. The molecule has 0 amide bonds. The Balaban J connectivity index is 2.15. The van der Waals surface area contributed by atoms with Crippen LogP contribution in [0.15, 0.2) is 41.2 Å². The van der Waals surface area contributed by atoms with Crippen LogP contribution in [-0.4, -0.2) is 33.7 Å². The standard InChI is InChI=1S/C22H30N2O2/c1-7-8-15(18-19(25)12(2)20(18)26)21-22(4,5)16-11-14(13(3)23)9-10-17(16)24(21)6/h8-11,13,18-19,25H,7,23H2,1-6H3/p+1/b15-8-. The van der Waals surface area contributed by atoms with Crippen LogP contribution in [0.5, 0.6) is 0 Å². The molecule has 0 bridgehead atoms. The maximum Gasteiger partial charge on any atom is 0.209 e. The largest absolute Gasteiger partial charge is 0.512 e. The lowest BCUT2D eigenvalue weighted by molar-refractivity contribution is -0.402. The molecule has 0 saturated carbocycles.